The lowest BCUT2D eigenvalue weighted by Gasteiger charge is -2.39. The van der Waals surface area contributed by atoms with Crippen molar-refractivity contribution in [2.24, 2.45) is 0 Å². The fourth-order valence-corrected chi connectivity index (χ4v) is 4.13. The van der Waals surface area contributed by atoms with Gasteiger partial charge >= 0.3 is 0 Å². The van der Waals surface area contributed by atoms with Gasteiger partial charge in [-0.2, -0.15) is 0 Å². The van der Waals surface area contributed by atoms with Gasteiger partial charge in [-0.15, -0.1) is 0 Å². The minimum atomic E-state index is -0.440. The molecule has 0 radical (unpaired) electrons. The molecule has 33 heavy (non-hydrogen) atoms. The minimum absolute atomic E-state index is 0.130. The first kappa shape index (κ1) is 23.1. The Kier molecular flexibility index (Phi) is 6.58. The number of hydrogen-bond donors (Lipinski definition) is 3. The number of nitrogens with zero attached hydrogens (tertiary/aromatic N) is 2. The number of morpholine rings is 1. The maximum atomic E-state index is 12.5. The summed E-state index contributed by atoms with van der Waals surface area (Å²) < 4.78 is 11.6. The number of rotatable bonds is 7. The molecule has 2 heterocycles. The van der Waals surface area contributed by atoms with E-state index in [1.54, 1.807) is 18.3 Å². The number of benzene rings is 1. The van der Waals surface area contributed by atoms with Crippen molar-refractivity contribution in [2.45, 2.75) is 38.3 Å². The summed E-state index contributed by atoms with van der Waals surface area (Å²) in [4.78, 5) is 22.6. The zero-order chi connectivity index (χ0) is 23.6. The topological polar surface area (TPSA) is 99.7 Å². The van der Waals surface area contributed by atoms with Crippen LogP contribution >= 0.6 is 0 Å². The van der Waals surface area contributed by atoms with Crippen molar-refractivity contribution in [3.05, 3.63) is 47.4 Å². The van der Waals surface area contributed by atoms with Gasteiger partial charge < -0.3 is 29.8 Å². The van der Waals surface area contributed by atoms with Crippen molar-refractivity contribution in [3.63, 3.8) is 0 Å². The molecule has 1 aromatic carbocycles. The van der Waals surface area contributed by atoms with Crippen molar-refractivity contribution in [2.75, 3.05) is 33.9 Å². The summed E-state index contributed by atoms with van der Waals surface area (Å²) in [6.45, 7) is 6.43. The van der Waals surface area contributed by atoms with E-state index in [4.69, 9.17) is 9.47 Å². The second-order valence-corrected chi connectivity index (χ2v) is 8.92. The average Bonchev–Trinajstić information content (AvgIpc) is 3.46. The Labute approximate surface area is 194 Å². The molecular formula is C25H32N4O4. The fourth-order valence-electron chi connectivity index (χ4n) is 4.13. The Morgan fingerprint density at radius 1 is 1.42 bits per heavy atom. The van der Waals surface area contributed by atoms with E-state index in [2.05, 4.69) is 34.2 Å². The third-order valence-electron chi connectivity index (χ3n) is 6.06. The third kappa shape index (κ3) is 5.12. The summed E-state index contributed by atoms with van der Waals surface area (Å²) in [5, 5.41) is 13.5. The number of amides is 1. The van der Waals surface area contributed by atoms with Crippen LogP contribution in [0.5, 0.6) is 11.5 Å². The number of hydrogen-bond acceptors (Lipinski definition) is 6. The van der Waals surface area contributed by atoms with Crippen LogP contribution in [0.15, 0.2) is 36.1 Å². The SMILES string of the molecule is C/C=C\C(=C/c1ncc(-c2cc(O)c(C(=O)NC3CC3)c(OC)c2)[nH]1)C1(C)CN(C)CCO1. The number of phenolic OH excluding ortho intramolecular Hbond substituents is 1. The van der Waals surface area contributed by atoms with E-state index in [9.17, 15) is 9.90 Å². The zero-order valence-electron chi connectivity index (χ0n) is 19.6. The van der Waals surface area contributed by atoms with E-state index < -0.39 is 5.60 Å². The first-order chi connectivity index (χ1) is 15.8. The molecule has 1 atom stereocenters. The van der Waals surface area contributed by atoms with Crippen LogP contribution in [0.3, 0.4) is 0 Å². The van der Waals surface area contributed by atoms with Crippen LogP contribution in [0.4, 0.5) is 0 Å². The molecule has 8 nitrogen and oxygen atoms in total. The maximum absolute atomic E-state index is 12.5. The van der Waals surface area contributed by atoms with Crippen molar-refractivity contribution in [1.82, 2.24) is 20.2 Å². The Balaban J connectivity index is 1.63. The molecule has 4 rings (SSSR count). The molecule has 2 aromatic rings. The lowest BCUT2D eigenvalue weighted by atomic mass is 9.92. The molecule has 1 aromatic heterocycles. The van der Waals surface area contributed by atoms with Gasteiger partial charge in [0.15, 0.2) is 0 Å². The average molecular weight is 453 g/mol. The molecule has 1 saturated carbocycles. The van der Waals surface area contributed by atoms with Gasteiger partial charge in [-0.3, -0.25) is 4.79 Å². The summed E-state index contributed by atoms with van der Waals surface area (Å²) >= 11 is 0. The molecule has 8 heteroatoms. The highest BCUT2D eigenvalue weighted by atomic mass is 16.5. The van der Waals surface area contributed by atoms with E-state index in [1.807, 2.05) is 25.2 Å². The lowest BCUT2D eigenvalue weighted by molar-refractivity contribution is -0.0646. The van der Waals surface area contributed by atoms with Gasteiger partial charge in [0.05, 0.1) is 25.6 Å². The van der Waals surface area contributed by atoms with Gasteiger partial charge in [0.25, 0.3) is 5.91 Å². The number of aromatic hydroxyl groups is 1. The number of allylic oxidation sites excluding steroid dienone is 1. The number of methoxy groups -OCH3 is 1. The molecular weight excluding hydrogens is 420 g/mol. The predicted molar refractivity (Wildman–Crippen MR) is 127 cm³/mol. The second-order valence-electron chi connectivity index (χ2n) is 8.92. The molecule has 0 spiro atoms. The van der Waals surface area contributed by atoms with E-state index >= 15 is 0 Å². The standard InChI is InChI=1S/C25H32N4O4/c1-5-6-17(25(2)15-29(3)9-10-33-25)13-22-26-14-19(28-22)16-11-20(30)23(21(12-16)32-4)24(31)27-18-7-8-18/h5-6,11-14,18,30H,7-10,15H2,1-4H3,(H,26,28)(H,27,31)/b6-5-,17-13+. The summed E-state index contributed by atoms with van der Waals surface area (Å²) in [6.07, 6.45) is 9.65. The highest BCUT2D eigenvalue weighted by Gasteiger charge is 2.33. The maximum Gasteiger partial charge on any atom is 0.259 e. The first-order valence-electron chi connectivity index (χ1n) is 11.3. The van der Waals surface area contributed by atoms with Gasteiger partial charge in [-0.25, -0.2) is 4.98 Å². The Bertz CT molecular complexity index is 1090. The molecule has 2 aliphatic rings. The normalized spacial score (nSPS) is 22.0. The van der Waals surface area contributed by atoms with Crippen LogP contribution in [0.1, 0.15) is 42.9 Å². The zero-order valence-corrected chi connectivity index (χ0v) is 19.6. The number of phenols is 1. The minimum Gasteiger partial charge on any atom is -0.507 e. The number of ether oxygens (including phenoxy) is 2. The third-order valence-corrected chi connectivity index (χ3v) is 6.06. The van der Waals surface area contributed by atoms with Gasteiger partial charge in [0.1, 0.15) is 28.5 Å². The first-order valence-corrected chi connectivity index (χ1v) is 11.3. The molecule has 2 fully saturated rings. The smallest absolute Gasteiger partial charge is 0.259 e. The monoisotopic (exact) mass is 452 g/mol. The molecule has 1 aliphatic carbocycles. The largest absolute Gasteiger partial charge is 0.507 e. The van der Waals surface area contributed by atoms with E-state index in [-0.39, 0.29) is 23.3 Å². The van der Waals surface area contributed by atoms with Crippen molar-refractivity contribution in [1.29, 1.82) is 0 Å². The van der Waals surface area contributed by atoms with Crippen LogP contribution in [0.25, 0.3) is 17.3 Å². The number of aromatic nitrogens is 2. The molecule has 1 saturated heterocycles. The quantitative estimate of drug-likeness (QED) is 0.557. The Morgan fingerprint density at radius 2 is 2.21 bits per heavy atom. The summed E-state index contributed by atoms with van der Waals surface area (Å²) in [5.41, 5.74) is 2.10. The molecule has 176 valence electrons. The highest BCUT2D eigenvalue weighted by molar-refractivity contribution is 6.00. The number of aromatic amines is 1. The predicted octanol–water partition coefficient (Wildman–Crippen LogP) is 3.36. The van der Waals surface area contributed by atoms with Crippen LogP contribution in [-0.2, 0) is 4.74 Å². The number of carbonyl (C=O) groups is 1. The van der Waals surface area contributed by atoms with Crippen LogP contribution < -0.4 is 10.1 Å². The number of carbonyl (C=O) groups excluding carboxylic acids is 1. The Hall–Kier alpha value is -3.10. The van der Waals surface area contributed by atoms with Crippen molar-refractivity contribution in [3.8, 4) is 22.8 Å². The van der Waals surface area contributed by atoms with Gasteiger partial charge in [-0.05, 0) is 57.5 Å². The van der Waals surface area contributed by atoms with Crippen LogP contribution in [0, 0.1) is 0 Å². The highest BCUT2D eigenvalue weighted by Crippen LogP contribution is 2.35. The summed E-state index contributed by atoms with van der Waals surface area (Å²) in [5.74, 6) is 0.532. The van der Waals surface area contributed by atoms with Gasteiger partial charge in [-0.1, -0.05) is 12.2 Å². The molecule has 3 N–H and O–H groups in total. The Morgan fingerprint density at radius 3 is 2.88 bits per heavy atom. The summed E-state index contributed by atoms with van der Waals surface area (Å²) in [6, 6.07) is 3.47. The second kappa shape index (κ2) is 9.41. The lowest BCUT2D eigenvalue weighted by Crippen LogP contribution is -2.49. The van der Waals surface area contributed by atoms with E-state index in [0.29, 0.717) is 29.4 Å². The van der Waals surface area contributed by atoms with Crippen LogP contribution in [-0.4, -0.2) is 71.4 Å². The molecule has 1 aliphatic heterocycles. The van der Waals surface area contributed by atoms with Crippen molar-refractivity contribution < 1.29 is 19.4 Å². The number of imidazole rings is 1. The number of nitrogens with one attached hydrogen (secondary N) is 2. The molecule has 1 unspecified atom stereocenters. The number of likely N-dealkylation sites (N-methyl/N-ethyl adjacent to an activating group) is 1. The number of H-pyrrole nitrogens is 1. The molecule has 1 amide bonds. The van der Waals surface area contributed by atoms with Gasteiger partial charge in [0, 0.05) is 24.7 Å². The van der Waals surface area contributed by atoms with Gasteiger partial charge in [0.2, 0.25) is 0 Å². The van der Waals surface area contributed by atoms with Crippen molar-refractivity contribution >= 4 is 12.0 Å². The van der Waals surface area contributed by atoms with E-state index in [0.717, 1.165) is 31.5 Å². The fraction of sp³-hybridized carbons (Fsp3) is 0.440. The van der Waals surface area contributed by atoms with E-state index in [1.165, 1.54) is 7.11 Å². The van der Waals surface area contributed by atoms with Crippen LogP contribution in [0.2, 0.25) is 0 Å². The molecule has 0 bridgehead atoms. The summed E-state index contributed by atoms with van der Waals surface area (Å²) in [7, 11) is 3.58.